The van der Waals surface area contributed by atoms with Gasteiger partial charge in [0.25, 0.3) is 0 Å². The standard InChI is InChI=1S/C16H31N5O2/c1-6-17-16(18-10-8-14(12(3)4)22-7-2)19-11-9-15-20-13(5)21-23-15/h12,14H,6-11H2,1-5H3,(H2,17,18,19). The normalized spacial score (nSPS) is 13.4. The Hall–Kier alpha value is -1.63. The number of aryl methyl sites for hydroxylation is 1. The quantitative estimate of drug-likeness (QED) is 0.505. The van der Waals surface area contributed by atoms with Gasteiger partial charge in [0, 0.05) is 32.7 Å². The molecule has 0 bridgehead atoms. The molecule has 0 aliphatic carbocycles. The van der Waals surface area contributed by atoms with E-state index in [1.54, 1.807) is 0 Å². The first-order chi connectivity index (χ1) is 11.1. The molecule has 1 heterocycles. The summed E-state index contributed by atoms with van der Waals surface area (Å²) in [5.41, 5.74) is 0. The Balaban J connectivity index is 2.39. The van der Waals surface area contributed by atoms with Crippen LogP contribution in [0, 0.1) is 12.8 Å². The van der Waals surface area contributed by atoms with Gasteiger partial charge < -0.3 is 19.9 Å². The largest absolute Gasteiger partial charge is 0.378 e. The van der Waals surface area contributed by atoms with E-state index < -0.39 is 0 Å². The third-order valence-corrected chi connectivity index (χ3v) is 3.35. The zero-order valence-electron chi connectivity index (χ0n) is 15.1. The predicted molar refractivity (Wildman–Crippen MR) is 91.6 cm³/mol. The molecule has 0 saturated carbocycles. The molecule has 0 aliphatic rings. The molecule has 1 rings (SSSR count). The molecule has 0 aromatic carbocycles. The molecule has 23 heavy (non-hydrogen) atoms. The van der Waals surface area contributed by atoms with Gasteiger partial charge in [0.1, 0.15) is 0 Å². The zero-order valence-corrected chi connectivity index (χ0v) is 15.1. The molecule has 0 amide bonds. The summed E-state index contributed by atoms with van der Waals surface area (Å²) < 4.78 is 10.8. The summed E-state index contributed by atoms with van der Waals surface area (Å²) in [5, 5.41) is 10.3. The molecule has 7 heteroatoms. The minimum Gasteiger partial charge on any atom is -0.378 e. The van der Waals surface area contributed by atoms with Crippen LogP contribution in [0.15, 0.2) is 9.52 Å². The molecular formula is C16H31N5O2. The number of nitrogens with one attached hydrogen (secondary N) is 2. The van der Waals surface area contributed by atoms with Crippen molar-refractivity contribution in [1.82, 2.24) is 20.8 Å². The van der Waals surface area contributed by atoms with Gasteiger partial charge in [0.15, 0.2) is 11.8 Å². The minimum absolute atomic E-state index is 0.257. The van der Waals surface area contributed by atoms with Crippen LogP contribution >= 0.6 is 0 Å². The van der Waals surface area contributed by atoms with Gasteiger partial charge in [0.2, 0.25) is 5.89 Å². The number of nitrogens with zero attached hydrogens (tertiary/aromatic N) is 3. The van der Waals surface area contributed by atoms with Gasteiger partial charge in [-0.25, -0.2) is 0 Å². The zero-order chi connectivity index (χ0) is 17.1. The van der Waals surface area contributed by atoms with Gasteiger partial charge in [-0.2, -0.15) is 4.98 Å². The number of aliphatic imine (C=N–C) groups is 1. The van der Waals surface area contributed by atoms with E-state index in [0.717, 1.165) is 32.1 Å². The highest BCUT2D eigenvalue weighted by atomic mass is 16.5. The van der Waals surface area contributed by atoms with Crippen LogP contribution in [0.4, 0.5) is 0 Å². The molecule has 1 unspecified atom stereocenters. The minimum atomic E-state index is 0.257. The van der Waals surface area contributed by atoms with Crippen molar-refractivity contribution < 1.29 is 9.26 Å². The molecule has 0 aliphatic heterocycles. The van der Waals surface area contributed by atoms with Crippen molar-refractivity contribution in [3.05, 3.63) is 11.7 Å². The first-order valence-corrected chi connectivity index (χ1v) is 8.49. The maximum absolute atomic E-state index is 5.75. The highest BCUT2D eigenvalue weighted by molar-refractivity contribution is 5.79. The molecule has 0 radical (unpaired) electrons. The predicted octanol–water partition coefficient (Wildman–Crippen LogP) is 1.93. The molecule has 132 valence electrons. The Morgan fingerprint density at radius 2 is 2.09 bits per heavy atom. The Bertz CT molecular complexity index is 459. The summed E-state index contributed by atoms with van der Waals surface area (Å²) >= 11 is 0. The summed E-state index contributed by atoms with van der Waals surface area (Å²) in [4.78, 5) is 8.79. The van der Waals surface area contributed by atoms with Crippen LogP contribution in [0.25, 0.3) is 0 Å². The third-order valence-electron chi connectivity index (χ3n) is 3.35. The molecule has 1 atom stereocenters. The number of ether oxygens (including phenoxy) is 1. The van der Waals surface area contributed by atoms with E-state index in [-0.39, 0.29) is 6.10 Å². The van der Waals surface area contributed by atoms with Crippen LogP contribution in [0.1, 0.15) is 45.8 Å². The number of hydrogen-bond donors (Lipinski definition) is 2. The summed E-state index contributed by atoms with van der Waals surface area (Å²) in [6.07, 6.45) is 1.86. The fourth-order valence-electron chi connectivity index (χ4n) is 2.20. The van der Waals surface area contributed by atoms with E-state index in [9.17, 15) is 0 Å². The van der Waals surface area contributed by atoms with Crippen molar-refractivity contribution in [3.63, 3.8) is 0 Å². The van der Waals surface area contributed by atoms with E-state index in [0.29, 0.717) is 30.6 Å². The summed E-state index contributed by atoms with van der Waals surface area (Å²) in [6, 6.07) is 0. The Morgan fingerprint density at radius 3 is 2.65 bits per heavy atom. The second-order valence-electron chi connectivity index (χ2n) is 5.70. The Labute approximate surface area is 139 Å². The van der Waals surface area contributed by atoms with Crippen LogP contribution in [0.5, 0.6) is 0 Å². The molecule has 0 fully saturated rings. The smallest absolute Gasteiger partial charge is 0.228 e. The molecule has 0 spiro atoms. The van der Waals surface area contributed by atoms with E-state index in [1.807, 2.05) is 13.8 Å². The topological polar surface area (TPSA) is 84.6 Å². The van der Waals surface area contributed by atoms with E-state index in [2.05, 4.69) is 46.5 Å². The summed E-state index contributed by atoms with van der Waals surface area (Å²) in [5.74, 6) is 2.61. The van der Waals surface area contributed by atoms with Crippen molar-refractivity contribution in [3.8, 4) is 0 Å². The fourth-order valence-corrected chi connectivity index (χ4v) is 2.20. The van der Waals surface area contributed by atoms with Crippen molar-refractivity contribution in [2.75, 3.05) is 26.2 Å². The number of rotatable bonds is 10. The third kappa shape index (κ3) is 7.97. The van der Waals surface area contributed by atoms with Crippen LogP contribution in [0.2, 0.25) is 0 Å². The average Bonchev–Trinajstić information content (AvgIpc) is 2.91. The highest BCUT2D eigenvalue weighted by Gasteiger charge is 2.12. The lowest BCUT2D eigenvalue weighted by Gasteiger charge is -2.20. The number of hydrogen-bond acceptors (Lipinski definition) is 5. The lowest BCUT2D eigenvalue weighted by molar-refractivity contribution is 0.0266. The van der Waals surface area contributed by atoms with Crippen LogP contribution in [0.3, 0.4) is 0 Å². The van der Waals surface area contributed by atoms with Crippen molar-refractivity contribution in [1.29, 1.82) is 0 Å². The summed E-state index contributed by atoms with van der Waals surface area (Å²) in [6.45, 7) is 13.3. The maximum atomic E-state index is 5.75. The monoisotopic (exact) mass is 325 g/mol. The van der Waals surface area contributed by atoms with Gasteiger partial charge in [0.05, 0.1) is 6.10 Å². The molecule has 1 aromatic heterocycles. The highest BCUT2D eigenvalue weighted by Crippen LogP contribution is 2.10. The second kappa shape index (κ2) is 11.0. The molecule has 2 N–H and O–H groups in total. The van der Waals surface area contributed by atoms with E-state index in [4.69, 9.17) is 9.26 Å². The van der Waals surface area contributed by atoms with Crippen LogP contribution in [-0.4, -0.2) is 48.4 Å². The Kier molecular flexibility index (Phi) is 9.28. The Morgan fingerprint density at radius 1 is 1.30 bits per heavy atom. The second-order valence-corrected chi connectivity index (χ2v) is 5.70. The summed E-state index contributed by atoms with van der Waals surface area (Å²) in [7, 11) is 0. The van der Waals surface area contributed by atoms with Gasteiger partial charge >= 0.3 is 0 Å². The SMILES string of the molecule is CCNC(=NCCC(OCC)C(C)C)NCCc1nc(C)no1. The van der Waals surface area contributed by atoms with Crippen molar-refractivity contribution in [2.45, 2.75) is 53.6 Å². The van der Waals surface area contributed by atoms with Crippen molar-refractivity contribution in [2.24, 2.45) is 10.9 Å². The molecular weight excluding hydrogens is 294 g/mol. The lowest BCUT2D eigenvalue weighted by Crippen LogP contribution is -2.38. The first kappa shape index (κ1) is 19.4. The van der Waals surface area contributed by atoms with Crippen molar-refractivity contribution >= 4 is 5.96 Å². The van der Waals surface area contributed by atoms with Gasteiger partial charge in [-0.05, 0) is 33.1 Å². The van der Waals surface area contributed by atoms with E-state index in [1.165, 1.54) is 0 Å². The maximum Gasteiger partial charge on any atom is 0.228 e. The average molecular weight is 325 g/mol. The first-order valence-electron chi connectivity index (χ1n) is 8.49. The number of guanidine groups is 1. The van der Waals surface area contributed by atoms with E-state index >= 15 is 0 Å². The molecule has 0 saturated heterocycles. The molecule has 1 aromatic rings. The fraction of sp³-hybridized carbons (Fsp3) is 0.812. The van der Waals surface area contributed by atoms with Crippen LogP contribution in [-0.2, 0) is 11.2 Å². The lowest BCUT2D eigenvalue weighted by atomic mass is 10.0. The van der Waals surface area contributed by atoms with Gasteiger partial charge in [-0.15, -0.1) is 0 Å². The van der Waals surface area contributed by atoms with Crippen LogP contribution < -0.4 is 10.6 Å². The van der Waals surface area contributed by atoms with Gasteiger partial charge in [-0.1, -0.05) is 19.0 Å². The van der Waals surface area contributed by atoms with Gasteiger partial charge in [-0.3, -0.25) is 4.99 Å². The molecule has 7 nitrogen and oxygen atoms in total. The number of aromatic nitrogens is 2.